The quantitative estimate of drug-likeness (QED) is 0.386. The van der Waals surface area contributed by atoms with Crippen molar-refractivity contribution >= 4 is 5.57 Å². The first kappa shape index (κ1) is 24.7. The lowest BCUT2D eigenvalue weighted by molar-refractivity contribution is -0.155. The van der Waals surface area contributed by atoms with Gasteiger partial charge in [-0.1, -0.05) is 24.3 Å². The number of pyridine rings is 1. The Balaban J connectivity index is 1.66. The first-order valence-corrected chi connectivity index (χ1v) is 11.8. The fourth-order valence-corrected chi connectivity index (χ4v) is 5.15. The molecule has 8 heteroatoms. The molecule has 1 aromatic carbocycles. The maximum atomic E-state index is 13.7. The minimum Gasteiger partial charge on any atom is -0.476 e. The van der Waals surface area contributed by atoms with E-state index in [4.69, 9.17) is 4.74 Å². The van der Waals surface area contributed by atoms with Gasteiger partial charge in [-0.3, -0.25) is 9.29 Å². The molecule has 2 atom stereocenters. The van der Waals surface area contributed by atoms with Crippen molar-refractivity contribution in [2.75, 3.05) is 32.9 Å². The van der Waals surface area contributed by atoms with Crippen LogP contribution < -0.4 is 10.1 Å². The topological polar surface area (TPSA) is 37.4 Å². The van der Waals surface area contributed by atoms with Crippen molar-refractivity contribution in [1.29, 1.82) is 0 Å². The van der Waals surface area contributed by atoms with Gasteiger partial charge in [0, 0.05) is 24.3 Å². The molecule has 0 bridgehead atoms. The second kappa shape index (κ2) is 10.4. The van der Waals surface area contributed by atoms with Crippen LogP contribution in [-0.4, -0.2) is 55.0 Å². The van der Waals surface area contributed by atoms with E-state index in [9.17, 15) is 17.6 Å². The van der Waals surface area contributed by atoms with Crippen LogP contribution in [0.25, 0.3) is 5.57 Å². The summed E-state index contributed by atoms with van der Waals surface area (Å²) in [5.74, 6) is 0.424. The van der Waals surface area contributed by atoms with Gasteiger partial charge in [0.1, 0.15) is 6.61 Å². The second-order valence-corrected chi connectivity index (χ2v) is 9.05. The van der Waals surface area contributed by atoms with Crippen LogP contribution in [0.3, 0.4) is 0 Å². The lowest BCUT2D eigenvalue weighted by atomic mass is 9.84. The van der Waals surface area contributed by atoms with Crippen molar-refractivity contribution in [3.05, 3.63) is 64.4 Å². The van der Waals surface area contributed by atoms with E-state index in [0.717, 1.165) is 22.3 Å². The monoisotopic (exact) mass is 477 g/mol. The molecule has 34 heavy (non-hydrogen) atoms. The molecule has 0 saturated carbocycles. The SMILES string of the molecule is Cc1c([C@@H]2C3=C(C[C@@H](C)N2CC(F)(F)F)c2ccccc2C3)ccnc1OCCNCCCF. The first-order chi connectivity index (χ1) is 16.3. The molecule has 0 saturated heterocycles. The molecule has 4 rings (SSSR count). The molecule has 0 amide bonds. The predicted octanol–water partition coefficient (Wildman–Crippen LogP) is 5.43. The van der Waals surface area contributed by atoms with E-state index >= 15 is 0 Å². The first-order valence-electron chi connectivity index (χ1n) is 11.8. The Hall–Kier alpha value is -2.45. The van der Waals surface area contributed by atoms with Crippen LogP contribution in [0.4, 0.5) is 17.6 Å². The zero-order valence-electron chi connectivity index (χ0n) is 19.6. The van der Waals surface area contributed by atoms with Gasteiger partial charge in [-0.15, -0.1) is 0 Å². The number of nitrogens with zero attached hydrogens (tertiary/aromatic N) is 2. The number of benzene rings is 1. The number of aromatic nitrogens is 1. The van der Waals surface area contributed by atoms with Crippen molar-refractivity contribution in [1.82, 2.24) is 15.2 Å². The second-order valence-electron chi connectivity index (χ2n) is 9.05. The third kappa shape index (κ3) is 5.28. The summed E-state index contributed by atoms with van der Waals surface area (Å²) >= 11 is 0. The number of alkyl halides is 4. The molecular formula is C26H31F4N3O. The standard InChI is InChI=1S/C26H31F4N3O/c1-17-14-22-21-7-4-3-6-19(21)15-23(22)24(33(17)16-26(28,29)30)20-8-11-32-25(18(20)2)34-13-12-31-10-5-9-27/h3-4,6-8,11,17,24,31H,5,9-10,12-16H2,1-2H3/t17-,24-/m1/s1. The molecule has 184 valence electrons. The zero-order valence-corrected chi connectivity index (χ0v) is 19.6. The van der Waals surface area contributed by atoms with Crippen molar-refractivity contribution in [2.45, 2.75) is 51.4 Å². The number of fused-ring (bicyclic) bond motifs is 2. The van der Waals surface area contributed by atoms with Crippen molar-refractivity contribution in [3.8, 4) is 5.88 Å². The highest BCUT2D eigenvalue weighted by atomic mass is 19.4. The number of rotatable bonds is 9. The summed E-state index contributed by atoms with van der Waals surface area (Å²) in [6.45, 7) is 3.85. The Morgan fingerprint density at radius 3 is 2.74 bits per heavy atom. The van der Waals surface area contributed by atoms with Gasteiger partial charge in [0.25, 0.3) is 0 Å². The molecule has 1 aliphatic heterocycles. The van der Waals surface area contributed by atoms with Gasteiger partial charge in [-0.25, -0.2) is 4.98 Å². The molecule has 2 heterocycles. The average molecular weight is 478 g/mol. The van der Waals surface area contributed by atoms with Gasteiger partial charge in [-0.2, -0.15) is 13.2 Å². The van der Waals surface area contributed by atoms with E-state index in [1.54, 1.807) is 11.1 Å². The van der Waals surface area contributed by atoms with Gasteiger partial charge in [-0.05, 0) is 73.6 Å². The van der Waals surface area contributed by atoms with Crippen LogP contribution in [0.5, 0.6) is 5.88 Å². The Morgan fingerprint density at radius 2 is 1.97 bits per heavy atom. The van der Waals surface area contributed by atoms with Crippen LogP contribution in [-0.2, 0) is 6.42 Å². The van der Waals surface area contributed by atoms with E-state index in [0.29, 0.717) is 44.8 Å². The number of halogens is 4. The van der Waals surface area contributed by atoms with Crippen LogP contribution in [0, 0.1) is 6.92 Å². The summed E-state index contributed by atoms with van der Waals surface area (Å²) in [6, 6.07) is 9.16. The number of ether oxygens (including phenoxy) is 1. The molecule has 2 aromatic rings. The fraction of sp³-hybridized carbons (Fsp3) is 0.500. The normalized spacial score (nSPS) is 20.4. The average Bonchev–Trinajstić information content (AvgIpc) is 3.15. The third-order valence-corrected chi connectivity index (χ3v) is 6.70. The summed E-state index contributed by atoms with van der Waals surface area (Å²) < 4.78 is 59.1. The Kier molecular flexibility index (Phi) is 7.57. The van der Waals surface area contributed by atoms with Crippen LogP contribution in [0.2, 0.25) is 0 Å². The van der Waals surface area contributed by atoms with E-state index in [-0.39, 0.29) is 12.7 Å². The molecule has 0 spiro atoms. The summed E-state index contributed by atoms with van der Waals surface area (Å²) in [5.41, 5.74) is 6.08. The van der Waals surface area contributed by atoms with Gasteiger partial charge in [0.05, 0.1) is 19.3 Å². The molecule has 0 unspecified atom stereocenters. The maximum absolute atomic E-state index is 13.7. The summed E-state index contributed by atoms with van der Waals surface area (Å²) in [4.78, 5) is 5.92. The smallest absolute Gasteiger partial charge is 0.401 e. The number of hydrogen-bond donors (Lipinski definition) is 1. The van der Waals surface area contributed by atoms with Gasteiger partial charge in [0.2, 0.25) is 5.88 Å². The molecule has 1 aromatic heterocycles. The van der Waals surface area contributed by atoms with E-state index < -0.39 is 18.8 Å². The molecular weight excluding hydrogens is 446 g/mol. The van der Waals surface area contributed by atoms with Crippen LogP contribution in [0.15, 0.2) is 42.1 Å². The van der Waals surface area contributed by atoms with E-state index in [2.05, 4.69) is 22.4 Å². The summed E-state index contributed by atoms with van der Waals surface area (Å²) in [6.07, 6.45) is -1.00. The van der Waals surface area contributed by atoms with E-state index in [1.165, 1.54) is 11.1 Å². The molecule has 0 fully saturated rings. The lowest BCUT2D eigenvalue weighted by Crippen LogP contribution is -2.46. The maximum Gasteiger partial charge on any atom is 0.401 e. The van der Waals surface area contributed by atoms with Gasteiger partial charge >= 0.3 is 6.18 Å². The third-order valence-electron chi connectivity index (χ3n) is 6.70. The minimum absolute atomic E-state index is 0.270. The van der Waals surface area contributed by atoms with Crippen molar-refractivity contribution < 1.29 is 22.3 Å². The van der Waals surface area contributed by atoms with Crippen molar-refractivity contribution in [3.63, 3.8) is 0 Å². The Morgan fingerprint density at radius 1 is 1.18 bits per heavy atom. The predicted molar refractivity (Wildman–Crippen MR) is 125 cm³/mol. The Bertz CT molecular complexity index is 1040. The molecule has 1 aliphatic carbocycles. The Labute approximate surface area is 198 Å². The zero-order chi connectivity index (χ0) is 24.3. The van der Waals surface area contributed by atoms with Crippen molar-refractivity contribution in [2.24, 2.45) is 0 Å². The lowest BCUT2D eigenvalue weighted by Gasteiger charge is -2.43. The molecule has 0 radical (unpaired) electrons. The van der Waals surface area contributed by atoms with Crippen LogP contribution in [0.1, 0.15) is 48.1 Å². The molecule has 2 aliphatic rings. The largest absolute Gasteiger partial charge is 0.476 e. The highest BCUT2D eigenvalue weighted by Gasteiger charge is 2.44. The van der Waals surface area contributed by atoms with Crippen LogP contribution >= 0.6 is 0 Å². The number of hydrogen-bond acceptors (Lipinski definition) is 4. The number of nitrogens with one attached hydrogen (secondary N) is 1. The molecule has 1 N–H and O–H groups in total. The fourth-order valence-electron chi connectivity index (χ4n) is 5.15. The van der Waals surface area contributed by atoms with E-state index in [1.807, 2.05) is 32.0 Å². The highest BCUT2D eigenvalue weighted by Crippen LogP contribution is 2.50. The minimum atomic E-state index is -4.30. The summed E-state index contributed by atoms with van der Waals surface area (Å²) in [7, 11) is 0. The summed E-state index contributed by atoms with van der Waals surface area (Å²) in [5, 5.41) is 3.10. The highest BCUT2D eigenvalue weighted by molar-refractivity contribution is 5.79. The van der Waals surface area contributed by atoms with Gasteiger partial charge < -0.3 is 10.1 Å². The molecule has 4 nitrogen and oxygen atoms in total. The van der Waals surface area contributed by atoms with Gasteiger partial charge in [0.15, 0.2) is 0 Å².